The lowest BCUT2D eigenvalue weighted by molar-refractivity contribution is -0.642. The predicted octanol–water partition coefficient (Wildman–Crippen LogP) is 6.57. The molecule has 0 N–H and O–H groups in total. The number of hydrogen-bond donors (Lipinski definition) is 0. The number of pyridine rings is 1. The summed E-state index contributed by atoms with van der Waals surface area (Å²) in [5, 5.41) is 5.61. The average molecular weight is 400 g/mol. The lowest BCUT2D eigenvalue weighted by atomic mass is 9.95. The predicted molar refractivity (Wildman–Crippen MR) is 125 cm³/mol. The Hall–Kier alpha value is -2.39. The summed E-state index contributed by atoms with van der Waals surface area (Å²) in [5.41, 5.74) is 5.62. The first-order valence-corrected chi connectivity index (χ1v) is 11.6. The summed E-state index contributed by atoms with van der Waals surface area (Å²) in [6.07, 6.45) is 11.3. The summed E-state index contributed by atoms with van der Waals surface area (Å²) in [4.78, 5) is 0. The topological polar surface area (TPSA) is 8.81 Å². The molecule has 3 heterocycles. The fourth-order valence-corrected chi connectivity index (χ4v) is 6.91. The van der Waals surface area contributed by atoms with Gasteiger partial charge in [-0.1, -0.05) is 31.7 Å². The minimum absolute atomic E-state index is 0.880. The van der Waals surface area contributed by atoms with Crippen molar-refractivity contribution in [1.82, 2.24) is 4.57 Å². The first kappa shape index (κ1) is 17.5. The summed E-state index contributed by atoms with van der Waals surface area (Å²) in [6, 6.07) is 11.9. The lowest BCUT2D eigenvalue weighted by Gasteiger charge is -2.17. The summed E-state index contributed by atoms with van der Waals surface area (Å²) < 4.78 is 7.39. The summed E-state index contributed by atoms with van der Waals surface area (Å²) in [7, 11) is 4.34. The molecule has 6 rings (SSSR count). The van der Waals surface area contributed by atoms with E-state index in [1.807, 2.05) is 11.3 Å². The Morgan fingerprint density at radius 3 is 2.69 bits per heavy atom. The van der Waals surface area contributed by atoms with Crippen molar-refractivity contribution in [3.8, 4) is 0 Å². The molecule has 0 radical (unpaired) electrons. The number of hydrogen-bond acceptors (Lipinski definition) is 1. The van der Waals surface area contributed by atoms with Gasteiger partial charge in [0.1, 0.15) is 7.05 Å². The molecule has 0 atom stereocenters. The number of rotatable bonds is 2. The van der Waals surface area contributed by atoms with E-state index in [0.29, 0.717) is 0 Å². The smallest absolute Gasteiger partial charge is 0.214 e. The Bertz CT molecular complexity index is 1410. The highest BCUT2D eigenvalue weighted by atomic mass is 32.1. The second kappa shape index (κ2) is 6.30. The maximum Gasteiger partial charge on any atom is 0.214 e. The van der Waals surface area contributed by atoms with Gasteiger partial charge < -0.3 is 4.57 Å². The Morgan fingerprint density at radius 2 is 1.86 bits per heavy atom. The molecule has 1 saturated carbocycles. The number of fused-ring (bicyclic) bond motifs is 3. The van der Waals surface area contributed by atoms with Crippen molar-refractivity contribution in [3.63, 3.8) is 0 Å². The highest BCUT2D eigenvalue weighted by Crippen LogP contribution is 2.41. The van der Waals surface area contributed by atoms with E-state index in [2.05, 4.69) is 72.9 Å². The Labute approximate surface area is 175 Å². The van der Waals surface area contributed by atoms with Gasteiger partial charge in [-0.3, -0.25) is 0 Å². The molecule has 0 saturated heterocycles. The van der Waals surface area contributed by atoms with Crippen molar-refractivity contribution >= 4 is 53.3 Å². The zero-order valence-corrected chi connectivity index (χ0v) is 18.3. The van der Waals surface area contributed by atoms with Gasteiger partial charge in [-0.2, -0.15) is 0 Å². The van der Waals surface area contributed by atoms with Crippen LogP contribution in [0.3, 0.4) is 0 Å². The van der Waals surface area contributed by atoms with Crippen molar-refractivity contribution in [2.24, 2.45) is 20.0 Å². The molecule has 0 amide bonds. The summed E-state index contributed by atoms with van der Waals surface area (Å²) in [5.74, 6) is 0.880. The molecule has 0 aliphatic heterocycles. The van der Waals surface area contributed by atoms with E-state index >= 15 is 0 Å². The lowest BCUT2D eigenvalue weighted by Crippen LogP contribution is -2.24. The molecule has 1 fully saturated rings. The van der Waals surface area contributed by atoms with Gasteiger partial charge in [0.05, 0.1) is 10.9 Å². The molecule has 3 heteroatoms. The molecule has 5 aromatic rings. The van der Waals surface area contributed by atoms with Gasteiger partial charge in [0, 0.05) is 45.5 Å². The van der Waals surface area contributed by atoms with Crippen LogP contribution in [0.25, 0.3) is 42.0 Å². The molecule has 0 bridgehead atoms. The highest BCUT2D eigenvalue weighted by molar-refractivity contribution is 7.25. The molecule has 2 nitrogen and oxygen atoms in total. The zero-order valence-electron chi connectivity index (χ0n) is 17.5. The van der Waals surface area contributed by atoms with Crippen molar-refractivity contribution in [2.45, 2.75) is 39.0 Å². The van der Waals surface area contributed by atoms with E-state index in [-0.39, 0.29) is 0 Å². The number of aryl methyl sites for hydroxylation is 3. The third-order valence-electron chi connectivity index (χ3n) is 7.13. The van der Waals surface area contributed by atoms with Gasteiger partial charge in [-0.25, -0.2) is 4.57 Å². The van der Waals surface area contributed by atoms with Crippen molar-refractivity contribution < 1.29 is 4.57 Å². The van der Waals surface area contributed by atoms with Gasteiger partial charge >= 0.3 is 0 Å². The van der Waals surface area contributed by atoms with Gasteiger partial charge in [-0.05, 0) is 47.9 Å². The first-order chi connectivity index (χ1) is 14.1. The van der Waals surface area contributed by atoms with Crippen molar-refractivity contribution in [3.05, 3.63) is 53.9 Å². The number of benzene rings is 2. The standard InChI is InChI=1S/C26H27N2S/c1-16-20-9-11-27(2)21(20)15-23-24(16)26-25-19(8-10-28(26)3)13-18(14-22(25)29-23)12-17-6-4-5-7-17/h8-11,13-15,17H,4-7,12H2,1-3H3/q+1. The van der Waals surface area contributed by atoms with E-state index in [1.165, 1.54) is 85.2 Å². The van der Waals surface area contributed by atoms with Gasteiger partial charge in [0.25, 0.3) is 0 Å². The van der Waals surface area contributed by atoms with Crippen LogP contribution in [0, 0.1) is 12.8 Å². The van der Waals surface area contributed by atoms with Crippen LogP contribution in [0.2, 0.25) is 0 Å². The third kappa shape index (κ3) is 2.56. The molecular weight excluding hydrogens is 372 g/mol. The van der Waals surface area contributed by atoms with Crippen LogP contribution >= 0.6 is 11.3 Å². The van der Waals surface area contributed by atoms with E-state index in [1.54, 1.807) is 0 Å². The molecule has 1 aliphatic carbocycles. The molecule has 29 heavy (non-hydrogen) atoms. The summed E-state index contributed by atoms with van der Waals surface area (Å²) in [6.45, 7) is 2.29. The molecule has 1 aliphatic rings. The average Bonchev–Trinajstić information content (AvgIpc) is 3.34. The van der Waals surface area contributed by atoms with Crippen LogP contribution in [0.1, 0.15) is 36.8 Å². The normalized spacial score (nSPS) is 15.6. The maximum atomic E-state index is 2.49. The van der Waals surface area contributed by atoms with E-state index in [4.69, 9.17) is 0 Å². The van der Waals surface area contributed by atoms with Crippen molar-refractivity contribution in [2.75, 3.05) is 0 Å². The minimum atomic E-state index is 0.880. The second-order valence-electron chi connectivity index (χ2n) is 9.02. The molecular formula is C26H27N2S+. The monoisotopic (exact) mass is 399 g/mol. The van der Waals surface area contributed by atoms with Gasteiger partial charge in [-0.15, -0.1) is 11.3 Å². The molecule has 3 aromatic heterocycles. The fourth-order valence-electron chi connectivity index (χ4n) is 5.62. The fraction of sp³-hybridized carbons (Fsp3) is 0.346. The van der Waals surface area contributed by atoms with Crippen molar-refractivity contribution in [1.29, 1.82) is 0 Å². The largest absolute Gasteiger partial charge is 0.350 e. The van der Waals surface area contributed by atoms with Crippen LogP contribution in [0.15, 0.2) is 42.7 Å². The van der Waals surface area contributed by atoms with E-state index in [9.17, 15) is 0 Å². The van der Waals surface area contributed by atoms with Gasteiger partial charge in [0.2, 0.25) is 5.52 Å². The third-order valence-corrected chi connectivity index (χ3v) is 8.21. The summed E-state index contributed by atoms with van der Waals surface area (Å²) >= 11 is 1.97. The van der Waals surface area contributed by atoms with Crippen LogP contribution in [0.4, 0.5) is 0 Å². The Balaban J connectivity index is 1.71. The van der Waals surface area contributed by atoms with Crippen LogP contribution in [0.5, 0.6) is 0 Å². The zero-order chi connectivity index (χ0) is 19.7. The van der Waals surface area contributed by atoms with E-state index < -0.39 is 0 Å². The SMILES string of the molecule is Cc1c2cc[n+](C)c2cc2sc3cc(CC4CCCC4)cc4ccn(C)c(c12)c43. The number of aromatic nitrogens is 2. The Kier molecular flexibility index (Phi) is 3.80. The highest BCUT2D eigenvalue weighted by Gasteiger charge is 2.20. The number of nitrogens with zero attached hydrogens (tertiary/aromatic N) is 2. The van der Waals surface area contributed by atoms with Crippen LogP contribution < -0.4 is 4.57 Å². The van der Waals surface area contributed by atoms with Gasteiger partial charge in [0.15, 0.2) is 6.20 Å². The molecule has 0 spiro atoms. The van der Waals surface area contributed by atoms with Crippen LogP contribution in [-0.2, 0) is 20.5 Å². The quantitative estimate of drug-likeness (QED) is 0.180. The van der Waals surface area contributed by atoms with Crippen LogP contribution in [-0.4, -0.2) is 4.57 Å². The van der Waals surface area contributed by atoms with E-state index in [0.717, 1.165) is 5.92 Å². The molecule has 146 valence electrons. The molecule has 0 unspecified atom stereocenters. The molecule has 2 aromatic carbocycles. The minimum Gasteiger partial charge on any atom is -0.350 e. The Morgan fingerprint density at radius 1 is 1.07 bits per heavy atom. The first-order valence-electron chi connectivity index (χ1n) is 10.8. The second-order valence-corrected chi connectivity index (χ2v) is 10.1. The maximum absolute atomic E-state index is 2.49.